The monoisotopic (exact) mass is 266 g/mol. The number of hydrogen-bond donors (Lipinski definition) is 3. The first-order valence-electron chi connectivity index (χ1n) is 5.52. The summed E-state index contributed by atoms with van der Waals surface area (Å²) in [6, 6.07) is 7.49. The minimum atomic E-state index is -0.245. The molecule has 0 radical (unpaired) electrons. The molecule has 0 fully saturated rings. The Balaban J connectivity index is 2.06. The third-order valence-electron chi connectivity index (χ3n) is 2.38. The average Bonchev–Trinajstić information content (AvgIpc) is 2.67. The Hall–Kier alpha value is -1.79. The van der Waals surface area contributed by atoms with Crippen molar-refractivity contribution in [3.8, 4) is 11.6 Å². The number of aromatic amines is 1. The summed E-state index contributed by atoms with van der Waals surface area (Å²) in [7, 11) is 0. The van der Waals surface area contributed by atoms with Gasteiger partial charge in [-0.1, -0.05) is 23.5 Å². The van der Waals surface area contributed by atoms with Crippen LogP contribution in [0.3, 0.4) is 0 Å². The first-order valence-corrected chi connectivity index (χ1v) is 6.33. The zero-order valence-corrected chi connectivity index (χ0v) is 10.5. The van der Waals surface area contributed by atoms with Crippen LogP contribution in [0, 0.1) is 0 Å². The maximum absolute atomic E-state index is 11.0. The second-order valence-corrected chi connectivity index (χ2v) is 4.81. The summed E-state index contributed by atoms with van der Waals surface area (Å²) in [5.74, 6) is 0.712. The molecular weight excluding hydrogens is 252 g/mol. The number of rotatable bonds is 5. The standard InChI is InChI=1S/C12H14N2O3S/c13-5-6-17-9-3-1-8(2-4-9)7-10-11(15)14-12(16)18-10/h1-4,15H,5-7,13H2,(H,14,16). The summed E-state index contributed by atoms with van der Waals surface area (Å²) in [5, 5.41) is 9.48. The highest BCUT2D eigenvalue weighted by Gasteiger charge is 2.07. The molecule has 0 unspecified atom stereocenters. The van der Waals surface area contributed by atoms with Gasteiger partial charge in [-0.3, -0.25) is 9.78 Å². The fraction of sp³-hybridized carbons (Fsp3) is 0.250. The number of nitrogens with one attached hydrogen (secondary N) is 1. The lowest BCUT2D eigenvalue weighted by molar-refractivity contribution is 0.328. The summed E-state index contributed by atoms with van der Waals surface area (Å²) >= 11 is 1.02. The molecule has 1 heterocycles. The van der Waals surface area contributed by atoms with Crippen LogP contribution in [0.4, 0.5) is 0 Å². The number of aromatic hydroxyl groups is 1. The topological polar surface area (TPSA) is 88.3 Å². The Kier molecular flexibility index (Phi) is 4.01. The van der Waals surface area contributed by atoms with Crippen LogP contribution in [-0.2, 0) is 6.42 Å². The van der Waals surface area contributed by atoms with Crippen molar-refractivity contribution >= 4 is 11.3 Å². The second kappa shape index (κ2) is 5.70. The third kappa shape index (κ3) is 3.12. The van der Waals surface area contributed by atoms with Crippen molar-refractivity contribution in [2.24, 2.45) is 5.73 Å². The van der Waals surface area contributed by atoms with Crippen molar-refractivity contribution in [3.05, 3.63) is 44.4 Å². The van der Waals surface area contributed by atoms with E-state index in [0.717, 1.165) is 22.6 Å². The Labute approximate surface area is 108 Å². The Bertz CT molecular complexity index is 559. The Morgan fingerprint density at radius 1 is 1.33 bits per heavy atom. The first kappa shape index (κ1) is 12.7. The van der Waals surface area contributed by atoms with E-state index >= 15 is 0 Å². The molecule has 6 heteroatoms. The highest BCUT2D eigenvalue weighted by molar-refractivity contribution is 7.09. The van der Waals surface area contributed by atoms with Gasteiger partial charge in [0.2, 0.25) is 5.88 Å². The van der Waals surface area contributed by atoms with Gasteiger partial charge in [-0.25, -0.2) is 0 Å². The van der Waals surface area contributed by atoms with Gasteiger partial charge in [-0.2, -0.15) is 0 Å². The van der Waals surface area contributed by atoms with E-state index in [1.165, 1.54) is 0 Å². The molecule has 0 bridgehead atoms. The number of H-pyrrole nitrogens is 1. The maximum Gasteiger partial charge on any atom is 0.307 e. The molecule has 5 nitrogen and oxygen atoms in total. The molecule has 1 aromatic carbocycles. The smallest absolute Gasteiger partial charge is 0.307 e. The van der Waals surface area contributed by atoms with E-state index in [2.05, 4.69) is 4.98 Å². The average molecular weight is 266 g/mol. The molecule has 0 saturated carbocycles. The molecule has 18 heavy (non-hydrogen) atoms. The van der Waals surface area contributed by atoms with E-state index in [-0.39, 0.29) is 10.8 Å². The van der Waals surface area contributed by atoms with Crippen LogP contribution in [0.5, 0.6) is 11.6 Å². The van der Waals surface area contributed by atoms with Gasteiger partial charge in [0, 0.05) is 13.0 Å². The molecular formula is C12H14N2O3S. The predicted molar refractivity (Wildman–Crippen MR) is 70.4 cm³/mol. The summed E-state index contributed by atoms with van der Waals surface area (Å²) in [4.78, 5) is 13.8. The van der Waals surface area contributed by atoms with Gasteiger partial charge in [0.25, 0.3) is 0 Å². The van der Waals surface area contributed by atoms with Gasteiger partial charge < -0.3 is 15.6 Å². The lowest BCUT2D eigenvalue weighted by Gasteiger charge is -2.05. The highest BCUT2D eigenvalue weighted by atomic mass is 32.1. The summed E-state index contributed by atoms with van der Waals surface area (Å²) in [6.07, 6.45) is 0.520. The molecule has 0 aliphatic heterocycles. The number of aromatic nitrogens is 1. The van der Waals surface area contributed by atoms with E-state index in [4.69, 9.17) is 10.5 Å². The lowest BCUT2D eigenvalue weighted by Crippen LogP contribution is -2.10. The van der Waals surface area contributed by atoms with Crippen LogP contribution in [0.1, 0.15) is 10.4 Å². The van der Waals surface area contributed by atoms with Crippen molar-refractivity contribution in [1.82, 2.24) is 4.98 Å². The third-order valence-corrected chi connectivity index (χ3v) is 3.25. The van der Waals surface area contributed by atoms with Gasteiger partial charge in [0.1, 0.15) is 12.4 Å². The fourth-order valence-corrected chi connectivity index (χ4v) is 2.30. The summed E-state index contributed by atoms with van der Waals surface area (Å²) < 4.78 is 5.36. The van der Waals surface area contributed by atoms with Crippen LogP contribution < -0.4 is 15.3 Å². The second-order valence-electron chi connectivity index (χ2n) is 3.74. The summed E-state index contributed by atoms with van der Waals surface area (Å²) in [5.41, 5.74) is 6.34. The first-order chi connectivity index (χ1) is 8.69. The Morgan fingerprint density at radius 3 is 2.61 bits per heavy atom. The van der Waals surface area contributed by atoms with Crippen LogP contribution in [0.2, 0.25) is 0 Å². The van der Waals surface area contributed by atoms with Gasteiger partial charge in [0.05, 0.1) is 4.88 Å². The van der Waals surface area contributed by atoms with Gasteiger partial charge in [-0.05, 0) is 17.7 Å². The van der Waals surface area contributed by atoms with Gasteiger partial charge >= 0.3 is 4.87 Å². The van der Waals surface area contributed by atoms with Crippen molar-refractivity contribution in [3.63, 3.8) is 0 Å². The molecule has 0 amide bonds. The molecule has 0 aliphatic rings. The Morgan fingerprint density at radius 2 is 2.06 bits per heavy atom. The van der Waals surface area contributed by atoms with E-state index < -0.39 is 0 Å². The quantitative estimate of drug-likeness (QED) is 0.755. The zero-order valence-electron chi connectivity index (χ0n) is 9.68. The van der Waals surface area contributed by atoms with Crippen LogP contribution >= 0.6 is 11.3 Å². The molecule has 0 aliphatic carbocycles. The predicted octanol–water partition coefficient (Wildman–Crippen LogP) is 1.07. The molecule has 0 spiro atoms. The lowest BCUT2D eigenvalue weighted by atomic mass is 10.1. The minimum Gasteiger partial charge on any atom is -0.494 e. The van der Waals surface area contributed by atoms with E-state index in [0.29, 0.717) is 24.4 Å². The van der Waals surface area contributed by atoms with Crippen molar-refractivity contribution in [2.45, 2.75) is 6.42 Å². The molecule has 96 valence electrons. The van der Waals surface area contributed by atoms with Crippen molar-refractivity contribution in [2.75, 3.05) is 13.2 Å². The zero-order chi connectivity index (χ0) is 13.0. The number of ether oxygens (including phenoxy) is 1. The number of benzene rings is 1. The fourth-order valence-electron chi connectivity index (χ4n) is 1.54. The highest BCUT2D eigenvalue weighted by Crippen LogP contribution is 2.21. The molecule has 2 rings (SSSR count). The number of hydrogen-bond acceptors (Lipinski definition) is 5. The van der Waals surface area contributed by atoms with Crippen LogP contribution in [0.25, 0.3) is 0 Å². The van der Waals surface area contributed by atoms with Crippen LogP contribution in [-0.4, -0.2) is 23.2 Å². The number of nitrogens with two attached hydrogens (primary N) is 1. The maximum atomic E-state index is 11.0. The van der Waals surface area contributed by atoms with Gasteiger partial charge in [0.15, 0.2) is 0 Å². The van der Waals surface area contributed by atoms with Crippen LogP contribution in [0.15, 0.2) is 29.1 Å². The van der Waals surface area contributed by atoms with E-state index in [1.54, 1.807) is 0 Å². The molecule has 0 atom stereocenters. The molecule has 1 aromatic heterocycles. The normalized spacial score (nSPS) is 10.5. The van der Waals surface area contributed by atoms with E-state index in [9.17, 15) is 9.90 Å². The number of thiazole rings is 1. The SMILES string of the molecule is NCCOc1ccc(Cc2sc(=O)[nH]c2O)cc1. The van der Waals surface area contributed by atoms with Gasteiger partial charge in [-0.15, -0.1) is 0 Å². The molecule has 2 aromatic rings. The molecule has 4 N–H and O–H groups in total. The molecule has 0 saturated heterocycles. The summed E-state index contributed by atoms with van der Waals surface area (Å²) in [6.45, 7) is 0.965. The minimum absolute atomic E-state index is 0.0477. The van der Waals surface area contributed by atoms with Crippen molar-refractivity contribution < 1.29 is 9.84 Å². The van der Waals surface area contributed by atoms with E-state index in [1.807, 2.05) is 24.3 Å². The largest absolute Gasteiger partial charge is 0.494 e. The van der Waals surface area contributed by atoms with Crippen molar-refractivity contribution in [1.29, 1.82) is 0 Å².